The molecule has 0 amide bonds. The molecule has 3 nitrogen and oxygen atoms in total. The van der Waals surface area contributed by atoms with Crippen LogP contribution in [-0.4, -0.2) is 23.7 Å². The van der Waals surface area contributed by atoms with Gasteiger partial charge in [-0.3, -0.25) is 0 Å². The number of hydrogen-bond donors (Lipinski definition) is 0. The number of aromatic nitrogens is 1. The molecule has 0 aliphatic heterocycles. The molecule has 5 heteroatoms. The van der Waals surface area contributed by atoms with Gasteiger partial charge in [0.2, 0.25) is 0 Å². The van der Waals surface area contributed by atoms with Gasteiger partial charge in [-0.1, -0.05) is 0 Å². The first-order valence-corrected chi connectivity index (χ1v) is 15.0. The second-order valence-electron chi connectivity index (χ2n) is 7.64. The van der Waals surface area contributed by atoms with E-state index in [0.29, 0.717) is 12.2 Å². The average Bonchev–Trinajstić information content (AvgIpc) is 2.88. The number of benzene rings is 3. The zero-order valence-electron chi connectivity index (χ0n) is 17.7. The third-order valence-electron chi connectivity index (χ3n) is 5.76. The van der Waals surface area contributed by atoms with Crippen molar-refractivity contribution in [2.75, 3.05) is 12.8 Å². The number of carbonyl (C=O) groups excluding carboxylic acids is 1. The van der Waals surface area contributed by atoms with Crippen molar-refractivity contribution in [1.29, 1.82) is 0 Å². The van der Waals surface area contributed by atoms with E-state index < -0.39 is 5.31 Å². The first kappa shape index (κ1) is 22.4. The molecule has 0 bridgehead atoms. The van der Waals surface area contributed by atoms with Gasteiger partial charge in [0.05, 0.1) is 0 Å². The number of hydrogen-bond acceptors (Lipinski definition) is 3. The monoisotopic (exact) mass is 505 g/mol. The molecule has 0 atom stereocenters. The van der Waals surface area contributed by atoms with Gasteiger partial charge < -0.3 is 0 Å². The fourth-order valence-corrected chi connectivity index (χ4v) is 11.8. The summed E-state index contributed by atoms with van der Waals surface area (Å²) in [6.07, 6.45) is 4.75. The fraction of sp³-hybridized carbons (Fsp3) is 0.111. The first-order chi connectivity index (χ1) is 15.6. The Balaban J connectivity index is 1.70. The van der Waals surface area contributed by atoms with Gasteiger partial charge in [-0.05, 0) is 0 Å². The molecule has 0 unspecified atom stereocenters. The summed E-state index contributed by atoms with van der Waals surface area (Å²) in [6, 6.07) is 35.2. The zero-order valence-corrected chi connectivity index (χ0v) is 20.2. The molecule has 32 heavy (non-hydrogen) atoms. The van der Waals surface area contributed by atoms with Gasteiger partial charge in [0, 0.05) is 0 Å². The third-order valence-corrected chi connectivity index (χ3v) is 15.8. The van der Waals surface area contributed by atoms with Crippen LogP contribution >= 0.6 is 20.8 Å². The standard InChI is InChI=1S/C27H25BrNO2P/c28-32(24-11-4-1-5-12-24,25-13-6-2-7-14-25,26-15-8-3-9-16-26)22-10-21-31-27(30)23-17-19-29-20-18-23/h1-9,11-20H,10,21-22H2. The summed E-state index contributed by atoms with van der Waals surface area (Å²) in [4.78, 5) is 16.4. The Hall–Kier alpha value is -2.81. The van der Waals surface area contributed by atoms with Gasteiger partial charge in [-0.15, -0.1) is 0 Å². The molecular formula is C27H25BrNO2P. The number of pyridine rings is 1. The van der Waals surface area contributed by atoms with Crippen LogP contribution in [0, 0.1) is 0 Å². The third kappa shape index (κ3) is 4.26. The summed E-state index contributed by atoms with van der Waals surface area (Å²) in [5.74, 6) is -0.318. The van der Waals surface area contributed by atoms with E-state index in [1.54, 1.807) is 24.5 Å². The number of carbonyl (C=O) groups is 1. The zero-order chi connectivity index (χ0) is 22.3. The van der Waals surface area contributed by atoms with Crippen molar-refractivity contribution in [3.8, 4) is 0 Å². The van der Waals surface area contributed by atoms with E-state index >= 15 is 0 Å². The van der Waals surface area contributed by atoms with Crippen LogP contribution in [-0.2, 0) is 4.74 Å². The van der Waals surface area contributed by atoms with E-state index in [4.69, 9.17) is 4.74 Å². The Bertz CT molecular complexity index is 1060. The van der Waals surface area contributed by atoms with E-state index in [1.165, 1.54) is 15.9 Å². The van der Waals surface area contributed by atoms with Crippen molar-refractivity contribution in [2.45, 2.75) is 6.42 Å². The van der Waals surface area contributed by atoms with Crippen LogP contribution in [0.4, 0.5) is 0 Å². The number of esters is 1. The fourth-order valence-electron chi connectivity index (χ4n) is 4.15. The van der Waals surface area contributed by atoms with Gasteiger partial charge in [-0.2, -0.15) is 0 Å². The van der Waals surface area contributed by atoms with Gasteiger partial charge in [-0.25, -0.2) is 0 Å². The second-order valence-corrected chi connectivity index (χ2v) is 16.7. The molecule has 162 valence electrons. The van der Waals surface area contributed by atoms with Crippen LogP contribution < -0.4 is 15.9 Å². The predicted octanol–water partition coefficient (Wildman–Crippen LogP) is 5.47. The van der Waals surface area contributed by atoms with Gasteiger partial charge in [0.15, 0.2) is 0 Å². The van der Waals surface area contributed by atoms with Gasteiger partial charge in [0.1, 0.15) is 0 Å². The van der Waals surface area contributed by atoms with Gasteiger partial charge in [0.25, 0.3) is 0 Å². The number of rotatable bonds is 8. The van der Waals surface area contributed by atoms with Crippen molar-refractivity contribution >= 4 is 42.7 Å². The van der Waals surface area contributed by atoms with Crippen LogP contribution in [0.1, 0.15) is 16.8 Å². The number of nitrogens with zero attached hydrogens (tertiary/aromatic N) is 1. The van der Waals surface area contributed by atoms with Crippen LogP contribution in [0.25, 0.3) is 0 Å². The molecular weight excluding hydrogens is 481 g/mol. The molecule has 0 spiro atoms. The quantitative estimate of drug-likeness (QED) is 0.181. The normalized spacial score (nSPS) is 12.5. The molecule has 1 aromatic heterocycles. The maximum absolute atomic E-state index is 12.4. The topological polar surface area (TPSA) is 39.2 Å². The summed E-state index contributed by atoms with van der Waals surface area (Å²) in [5, 5.41) is 0.803. The van der Waals surface area contributed by atoms with Crippen LogP contribution in [0.15, 0.2) is 116 Å². The van der Waals surface area contributed by atoms with Crippen molar-refractivity contribution < 1.29 is 9.53 Å². The summed E-state index contributed by atoms with van der Waals surface area (Å²) < 4.78 is 5.61. The summed E-state index contributed by atoms with van der Waals surface area (Å²) in [6.45, 7) is 0.344. The first-order valence-electron chi connectivity index (χ1n) is 10.6. The van der Waals surface area contributed by atoms with Crippen LogP contribution in [0.2, 0.25) is 0 Å². The van der Waals surface area contributed by atoms with Gasteiger partial charge >= 0.3 is 197 Å². The Kier molecular flexibility index (Phi) is 6.83. The van der Waals surface area contributed by atoms with Crippen molar-refractivity contribution in [2.24, 2.45) is 0 Å². The minimum absolute atomic E-state index is 0.318. The summed E-state index contributed by atoms with van der Waals surface area (Å²) in [7, 11) is 0. The molecule has 0 saturated carbocycles. The molecule has 4 rings (SSSR count). The molecule has 0 aliphatic rings. The molecule has 0 radical (unpaired) electrons. The molecule has 1 heterocycles. The molecule has 0 fully saturated rings. The average molecular weight is 506 g/mol. The predicted molar refractivity (Wildman–Crippen MR) is 138 cm³/mol. The van der Waals surface area contributed by atoms with E-state index in [2.05, 4.69) is 93.3 Å². The summed E-state index contributed by atoms with van der Waals surface area (Å²) >= 11 is 4.41. The van der Waals surface area contributed by atoms with Crippen molar-refractivity contribution in [3.05, 3.63) is 121 Å². The Morgan fingerprint density at radius 2 is 1.16 bits per heavy atom. The van der Waals surface area contributed by atoms with E-state index in [1.807, 2.05) is 18.2 Å². The van der Waals surface area contributed by atoms with Crippen molar-refractivity contribution in [3.63, 3.8) is 0 Å². The molecule has 0 saturated heterocycles. The van der Waals surface area contributed by atoms with E-state index in [-0.39, 0.29) is 5.97 Å². The van der Waals surface area contributed by atoms with E-state index in [0.717, 1.165) is 12.6 Å². The second kappa shape index (κ2) is 9.77. The number of ether oxygens (including phenoxy) is 1. The number of halogens is 1. The SMILES string of the molecule is O=C(OCCCP(Br)(c1ccccc1)(c1ccccc1)c1ccccc1)c1ccncc1. The molecule has 4 aromatic rings. The Morgan fingerprint density at radius 3 is 1.59 bits per heavy atom. The summed E-state index contributed by atoms with van der Waals surface area (Å²) in [5.41, 5.74) is 0.519. The Morgan fingerprint density at radius 1 is 0.719 bits per heavy atom. The molecule has 0 aliphatic carbocycles. The van der Waals surface area contributed by atoms with E-state index in [9.17, 15) is 4.79 Å². The van der Waals surface area contributed by atoms with Crippen molar-refractivity contribution in [1.82, 2.24) is 4.98 Å². The molecule has 0 N–H and O–H groups in total. The van der Waals surface area contributed by atoms with Crippen LogP contribution in [0.3, 0.4) is 0 Å². The molecule has 3 aromatic carbocycles. The van der Waals surface area contributed by atoms with Crippen LogP contribution in [0.5, 0.6) is 0 Å². The maximum atomic E-state index is 12.4. The Labute approximate surface area is 197 Å². The minimum atomic E-state index is -2.98.